The van der Waals surface area contributed by atoms with Crippen molar-refractivity contribution in [1.29, 1.82) is 0 Å². The van der Waals surface area contributed by atoms with Crippen molar-refractivity contribution in [2.24, 2.45) is 5.92 Å². The highest BCUT2D eigenvalue weighted by atomic mass is 19.1. The van der Waals surface area contributed by atoms with Crippen LogP contribution >= 0.6 is 0 Å². The largest absolute Gasteiger partial charge is 0.355 e. The van der Waals surface area contributed by atoms with Gasteiger partial charge in [-0.25, -0.2) is 9.07 Å². The molecular weight excluding hydrogens is 295 g/mol. The Bertz CT molecular complexity index is 649. The van der Waals surface area contributed by atoms with E-state index in [-0.39, 0.29) is 11.7 Å². The lowest BCUT2D eigenvalue weighted by atomic mass is 10.3. The Kier molecular flexibility index (Phi) is 5.02. The van der Waals surface area contributed by atoms with Gasteiger partial charge in [-0.2, -0.15) is 5.10 Å². The maximum Gasteiger partial charge on any atom is 0.233 e. The summed E-state index contributed by atoms with van der Waals surface area (Å²) in [6.07, 6.45) is 5.07. The number of halogens is 1. The third-order valence-electron chi connectivity index (χ3n) is 3.85. The van der Waals surface area contributed by atoms with Crippen LogP contribution in [0.4, 0.5) is 4.39 Å². The van der Waals surface area contributed by atoms with Crippen LogP contribution in [-0.2, 0) is 11.2 Å². The lowest BCUT2D eigenvalue weighted by Gasteiger charge is -2.05. The number of benzene rings is 1. The van der Waals surface area contributed by atoms with Crippen molar-refractivity contribution in [3.8, 4) is 5.69 Å². The number of carbonyl (C=O) groups is 1. The Morgan fingerprint density at radius 3 is 2.78 bits per heavy atom. The van der Waals surface area contributed by atoms with E-state index in [2.05, 4.69) is 15.7 Å². The molecule has 5 nitrogen and oxygen atoms in total. The van der Waals surface area contributed by atoms with Crippen molar-refractivity contribution in [1.82, 2.24) is 20.4 Å². The van der Waals surface area contributed by atoms with Crippen LogP contribution in [0.25, 0.3) is 5.69 Å². The monoisotopic (exact) mass is 316 g/mol. The first kappa shape index (κ1) is 15.7. The van der Waals surface area contributed by atoms with Crippen LogP contribution in [0.2, 0.25) is 0 Å². The normalized spacial score (nSPS) is 14.0. The number of carbonyl (C=O) groups excluding carboxylic acids is 1. The van der Waals surface area contributed by atoms with Crippen molar-refractivity contribution in [2.75, 3.05) is 19.6 Å². The summed E-state index contributed by atoms with van der Waals surface area (Å²) in [5.74, 6) is 0.529. The molecule has 0 saturated heterocycles. The Labute approximate surface area is 134 Å². The third-order valence-corrected chi connectivity index (χ3v) is 3.85. The van der Waals surface area contributed by atoms with Gasteiger partial charge in [-0.1, -0.05) is 0 Å². The van der Waals surface area contributed by atoms with E-state index in [1.54, 1.807) is 16.8 Å². The molecule has 1 heterocycles. The first-order valence-corrected chi connectivity index (χ1v) is 7.98. The highest BCUT2D eigenvalue weighted by Crippen LogP contribution is 2.27. The van der Waals surface area contributed by atoms with E-state index in [9.17, 15) is 9.18 Å². The van der Waals surface area contributed by atoms with E-state index in [4.69, 9.17) is 0 Å². The molecule has 0 bridgehead atoms. The van der Waals surface area contributed by atoms with Gasteiger partial charge < -0.3 is 10.6 Å². The molecule has 0 spiro atoms. The second kappa shape index (κ2) is 7.37. The van der Waals surface area contributed by atoms with Gasteiger partial charge in [-0.15, -0.1) is 0 Å². The summed E-state index contributed by atoms with van der Waals surface area (Å²) in [4.78, 5) is 11.7. The molecular formula is C17H21FN4O. The number of amides is 1. The van der Waals surface area contributed by atoms with Gasteiger partial charge in [-0.3, -0.25) is 4.79 Å². The summed E-state index contributed by atoms with van der Waals surface area (Å²) in [6, 6.07) is 8.08. The molecule has 1 aliphatic rings. The van der Waals surface area contributed by atoms with Gasteiger partial charge in [0.1, 0.15) is 5.82 Å². The molecule has 122 valence electrons. The van der Waals surface area contributed by atoms with Crippen LogP contribution < -0.4 is 10.6 Å². The summed E-state index contributed by atoms with van der Waals surface area (Å²) in [6.45, 7) is 1.88. The molecule has 6 heteroatoms. The van der Waals surface area contributed by atoms with Crippen LogP contribution in [0.5, 0.6) is 0 Å². The standard InChI is InChI=1S/C17H21FN4O/c18-14-3-5-16(6-4-14)22-10-8-15(21-22)7-9-20-17(23)12-19-11-13-1-2-13/h3-6,8,10,13,19H,1-2,7,9,11-12H2,(H,20,23). The maximum absolute atomic E-state index is 12.9. The van der Waals surface area contributed by atoms with Gasteiger partial charge in [0, 0.05) is 19.2 Å². The minimum absolute atomic E-state index is 0.0172. The zero-order valence-electron chi connectivity index (χ0n) is 13.0. The molecule has 3 rings (SSSR count). The molecule has 2 N–H and O–H groups in total. The molecule has 0 radical (unpaired) electrons. The number of nitrogens with one attached hydrogen (secondary N) is 2. The number of nitrogens with zero attached hydrogens (tertiary/aromatic N) is 2. The summed E-state index contributed by atoms with van der Waals surface area (Å²) in [5.41, 5.74) is 1.70. The first-order valence-electron chi connectivity index (χ1n) is 7.98. The van der Waals surface area contributed by atoms with Gasteiger partial charge >= 0.3 is 0 Å². The minimum Gasteiger partial charge on any atom is -0.355 e. The predicted molar refractivity (Wildman–Crippen MR) is 85.8 cm³/mol. The fourth-order valence-electron chi connectivity index (χ4n) is 2.34. The van der Waals surface area contributed by atoms with E-state index in [0.717, 1.165) is 23.8 Å². The van der Waals surface area contributed by atoms with Crippen LogP contribution in [0.3, 0.4) is 0 Å². The Morgan fingerprint density at radius 2 is 2.04 bits per heavy atom. The van der Waals surface area contributed by atoms with Crippen molar-refractivity contribution in [2.45, 2.75) is 19.3 Å². The third kappa shape index (κ3) is 4.89. The van der Waals surface area contributed by atoms with Gasteiger partial charge in [0.2, 0.25) is 5.91 Å². The van der Waals surface area contributed by atoms with Crippen LogP contribution in [0.15, 0.2) is 36.5 Å². The smallest absolute Gasteiger partial charge is 0.233 e. The second-order valence-corrected chi connectivity index (χ2v) is 5.90. The minimum atomic E-state index is -0.265. The van der Waals surface area contributed by atoms with Crippen LogP contribution in [-0.4, -0.2) is 35.3 Å². The molecule has 1 aromatic heterocycles. The second-order valence-electron chi connectivity index (χ2n) is 5.90. The lowest BCUT2D eigenvalue weighted by Crippen LogP contribution is -2.35. The Morgan fingerprint density at radius 1 is 1.26 bits per heavy atom. The number of rotatable bonds is 8. The maximum atomic E-state index is 12.9. The molecule has 0 unspecified atom stereocenters. The zero-order valence-corrected chi connectivity index (χ0v) is 13.0. The molecule has 23 heavy (non-hydrogen) atoms. The van der Waals surface area contributed by atoms with E-state index < -0.39 is 0 Å². The average Bonchev–Trinajstić information content (AvgIpc) is 3.25. The molecule has 1 aromatic carbocycles. The number of hydrogen-bond acceptors (Lipinski definition) is 3. The van der Waals surface area contributed by atoms with E-state index in [1.807, 2.05) is 12.3 Å². The summed E-state index contributed by atoms with van der Waals surface area (Å²) >= 11 is 0. The van der Waals surface area contributed by atoms with Crippen LogP contribution in [0.1, 0.15) is 18.5 Å². The fourth-order valence-corrected chi connectivity index (χ4v) is 2.34. The first-order chi connectivity index (χ1) is 11.2. The number of hydrogen-bond donors (Lipinski definition) is 2. The molecule has 1 aliphatic carbocycles. The summed E-state index contributed by atoms with van der Waals surface area (Å²) in [7, 11) is 0. The topological polar surface area (TPSA) is 59.0 Å². The molecule has 1 fully saturated rings. The van der Waals surface area contributed by atoms with E-state index in [0.29, 0.717) is 19.5 Å². The lowest BCUT2D eigenvalue weighted by molar-refractivity contribution is -0.120. The van der Waals surface area contributed by atoms with E-state index in [1.165, 1.54) is 25.0 Å². The summed E-state index contributed by atoms with van der Waals surface area (Å²) < 4.78 is 14.6. The predicted octanol–water partition coefficient (Wildman–Crippen LogP) is 1.67. The highest BCUT2D eigenvalue weighted by Gasteiger charge is 2.20. The van der Waals surface area contributed by atoms with Gasteiger partial charge in [-0.05, 0) is 55.6 Å². The SMILES string of the molecule is O=C(CNCC1CC1)NCCc1ccn(-c2ccc(F)cc2)n1. The summed E-state index contributed by atoms with van der Waals surface area (Å²) in [5, 5.41) is 10.5. The highest BCUT2D eigenvalue weighted by molar-refractivity contribution is 5.77. The molecule has 1 saturated carbocycles. The molecule has 1 amide bonds. The zero-order chi connectivity index (χ0) is 16.1. The van der Waals surface area contributed by atoms with E-state index >= 15 is 0 Å². The Balaban J connectivity index is 1.40. The average molecular weight is 316 g/mol. The van der Waals surface area contributed by atoms with Crippen molar-refractivity contribution < 1.29 is 9.18 Å². The molecule has 0 aliphatic heterocycles. The quantitative estimate of drug-likeness (QED) is 0.779. The molecule has 0 atom stereocenters. The van der Waals surface area contributed by atoms with Crippen molar-refractivity contribution in [3.63, 3.8) is 0 Å². The van der Waals surface area contributed by atoms with Crippen molar-refractivity contribution >= 4 is 5.91 Å². The Hall–Kier alpha value is -2.21. The van der Waals surface area contributed by atoms with Crippen LogP contribution in [0, 0.1) is 11.7 Å². The van der Waals surface area contributed by atoms with Gasteiger partial charge in [0.05, 0.1) is 17.9 Å². The van der Waals surface area contributed by atoms with Crippen molar-refractivity contribution in [3.05, 3.63) is 48.0 Å². The molecule has 2 aromatic rings. The van der Waals surface area contributed by atoms with Gasteiger partial charge in [0.15, 0.2) is 0 Å². The van der Waals surface area contributed by atoms with Gasteiger partial charge in [0.25, 0.3) is 0 Å². The number of aromatic nitrogens is 2. The fraction of sp³-hybridized carbons (Fsp3) is 0.412.